The van der Waals surface area contributed by atoms with E-state index in [1.807, 2.05) is 12.1 Å². The molecule has 4 saturated carbocycles. The van der Waals surface area contributed by atoms with Gasteiger partial charge in [-0.25, -0.2) is 9.69 Å². The lowest BCUT2D eigenvalue weighted by Crippen LogP contribution is -2.54. The van der Waals surface area contributed by atoms with Crippen molar-refractivity contribution in [3.05, 3.63) is 77.9 Å². The van der Waals surface area contributed by atoms with E-state index in [0.717, 1.165) is 22.7 Å². The van der Waals surface area contributed by atoms with Gasteiger partial charge in [-0.3, -0.25) is 14.9 Å². The second kappa shape index (κ2) is 8.77. The first-order chi connectivity index (χ1) is 17.4. The third kappa shape index (κ3) is 3.94. The summed E-state index contributed by atoms with van der Waals surface area (Å²) >= 11 is 0. The number of ether oxygens (including phenoxy) is 1. The summed E-state index contributed by atoms with van der Waals surface area (Å²) in [6.45, 7) is 4.01. The van der Waals surface area contributed by atoms with Crippen LogP contribution in [0.3, 0.4) is 0 Å². The van der Waals surface area contributed by atoms with E-state index in [4.69, 9.17) is 4.74 Å². The van der Waals surface area contributed by atoms with Crippen molar-refractivity contribution in [2.24, 2.45) is 17.8 Å². The number of urea groups is 1. The SMILES string of the molecule is C=CCOc1ccc(C=C2C(=O)NC(=O)N(c3ccc(C45CC6CC(CC(C6)C4)C5)cc3)C2=O)cc1. The first-order valence-electron chi connectivity index (χ1n) is 12.8. The zero-order valence-corrected chi connectivity index (χ0v) is 20.2. The van der Waals surface area contributed by atoms with Gasteiger partial charge >= 0.3 is 6.03 Å². The summed E-state index contributed by atoms with van der Waals surface area (Å²) < 4.78 is 5.48. The molecule has 5 fully saturated rings. The number of barbiturate groups is 1. The molecule has 0 radical (unpaired) electrons. The van der Waals surface area contributed by atoms with E-state index in [1.165, 1.54) is 50.2 Å². The first-order valence-corrected chi connectivity index (χ1v) is 12.8. The van der Waals surface area contributed by atoms with Crippen molar-refractivity contribution in [3.8, 4) is 5.75 Å². The largest absolute Gasteiger partial charge is 0.490 e. The highest BCUT2D eigenvalue weighted by Crippen LogP contribution is 2.60. The number of benzene rings is 2. The maximum atomic E-state index is 13.3. The Hall–Kier alpha value is -3.67. The quantitative estimate of drug-likeness (QED) is 0.341. The minimum Gasteiger partial charge on any atom is -0.490 e. The van der Waals surface area contributed by atoms with Crippen LogP contribution in [0.5, 0.6) is 5.75 Å². The van der Waals surface area contributed by atoms with Gasteiger partial charge in [0.2, 0.25) is 0 Å². The molecule has 4 bridgehead atoms. The van der Waals surface area contributed by atoms with Crippen LogP contribution in [0.2, 0.25) is 0 Å². The summed E-state index contributed by atoms with van der Waals surface area (Å²) in [6.07, 6.45) is 11.1. The fourth-order valence-corrected chi connectivity index (χ4v) is 7.30. The molecule has 1 saturated heterocycles. The molecule has 0 unspecified atom stereocenters. The zero-order chi connectivity index (χ0) is 24.9. The van der Waals surface area contributed by atoms with Crippen LogP contribution in [0.15, 0.2) is 66.8 Å². The number of rotatable bonds is 6. The standard InChI is InChI=1S/C30H30N2O4/c1-2-11-36-25-9-3-19(4-10-25)15-26-27(33)31-29(35)32(28(26)34)24-7-5-23(6-8-24)30-16-20-12-21(17-30)14-22(13-20)18-30/h2-10,15,20-22H,1,11-14,16-18H2,(H,31,33,35). The minimum atomic E-state index is -0.724. The number of anilines is 1. The second-order valence-corrected chi connectivity index (χ2v) is 10.9. The lowest BCUT2D eigenvalue weighted by molar-refractivity contribution is -0.122. The molecule has 5 aliphatic rings. The van der Waals surface area contributed by atoms with Crippen LogP contribution in [0, 0.1) is 17.8 Å². The van der Waals surface area contributed by atoms with E-state index in [0.29, 0.717) is 23.6 Å². The van der Waals surface area contributed by atoms with Gasteiger partial charge in [-0.15, -0.1) is 0 Å². The van der Waals surface area contributed by atoms with Crippen LogP contribution >= 0.6 is 0 Å². The third-order valence-electron chi connectivity index (χ3n) is 8.44. The van der Waals surface area contributed by atoms with E-state index < -0.39 is 17.8 Å². The molecular weight excluding hydrogens is 452 g/mol. The third-order valence-corrected chi connectivity index (χ3v) is 8.44. The molecule has 7 rings (SSSR count). The zero-order valence-electron chi connectivity index (χ0n) is 20.2. The number of hydrogen-bond donors (Lipinski definition) is 1. The summed E-state index contributed by atoms with van der Waals surface area (Å²) in [4.78, 5) is 39.6. The Morgan fingerprint density at radius 1 is 0.917 bits per heavy atom. The van der Waals surface area contributed by atoms with Crippen molar-refractivity contribution in [2.75, 3.05) is 11.5 Å². The molecule has 6 nitrogen and oxygen atoms in total. The molecule has 1 aliphatic heterocycles. The first kappa shape index (κ1) is 22.8. The summed E-state index contributed by atoms with van der Waals surface area (Å²) in [5, 5.41) is 2.31. The van der Waals surface area contributed by atoms with E-state index in [2.05, 4.69) is 24.0 Å². The average Bonchev–Trinajstić information content (AvgIpc) is 2.85. The summed E-state index contributed by atoms with van der Waals surface area (Å²) in [7, 11) is 0. The van der Waals surface area contributed by atoms with Gasteiger partial charge in [-0.05, 0) is 103 Å². The Labute approximate surface area is 211 Å². The lowest BCUT2D eigenvalue weighted by Gasteiger charge is -2.57. The molecule has 184 valence electrons. The molecule has 0 spiro atoms. The van der Waals surface area contributed by atoms with Gasteiger partial charge in [-0.1, -0.05) is 36.9 Å². The minimum absolute atomic E-state index is 0.0838. The molecule has 4 aliphatic carbocycles. The highest BCUT2D eigenvalue weighted by Gasteiger charge is 2.51. The average molecular weight is 483 g/mol. The molecule has 1 heterocycles. The van der Waals surface area contributed by atoms with Crippen molar-refractivity contribution in [1.82, 2.24) is 5.32 Å². The Morgan fingerprint density at radius 2 is 1.53 bits per heavy atom. The van der Waals surface area contributed by atoms with Crippen LogP contribution in [-0.2, 0) is 15.0 Å². The monoisotopic (exact) mass is 482 g/mol. The molecule has 2 aromatic carbocycles. The maximum Gasteiger partial charge on any atom is 0.335 e. The van der Waals surface area contributed by atoms with E-state index >= 15 is 0 Å². The Balaban J connectivity index is 1.24. The van der Waals surface area contributed by atoms with E-state index in [9.17, 15) is 14.4 Å². The lowest BCUT2D eigenvalue weighted by atomic mass is 9.48. The van der Waals surface area contributed by atoms with Gasteiger partial charge < -0.3 is 4.74 Å². The van der Waals surface area contributed by atoms with Gasteiger partial charge in [-0.2, -0.15) is 0 Å². The molecular formula is C30H30N2O4. The van der Waals surface area contributed by atoms with Crippen LogP contribution in [-0.4, -0.2) is 24.5 Å². The Bertz CT molecular complexity index is 1220. The highest BCUT2D eigenvalue weighted by molar-refractivity contribution is 6.39. The van der Waals surface area contributed by atoms with Gasteiger partial charge in [0.15, 0.2) is 0 Å². The van der Waals surface area contributed by atoms with Crippen LogP contribution in [0.25, 0.3) is 6.08 Å². The van der Waals surface area contributed by atoms with Crippen LogP contribution in [0.4, 0.5) is 10.5 Å². The summed E-state index contributed by atoms with van der Waals surface area (Å²) in [5.41, 5.74) is 2.60. The fraction of sp³-hybridized carbons (Fsp3) is 0.367. The molecule has 0 atom stereocenters. The van der Waals surface area contributed by atoms with Gasteiger partial charge in [0.1, 0.15) is 17.9 Å². The Morgan fingerprint density at radius 3 is 2.11 bits per heavy atom. The maximum absolute atomic E-state index is 13.3. The number of nitrogens with one attached hydrogen (secondary N) is 1. The summed E-state index contributed by atoms with van der Waals surface area (Å²) in [6, 6.07) is 14.2. The van der Waals surface area contributed by atoms with E-state index in [-0.39, 0.29) is 11.0 Å². The van der Waals surface area contributed by atoms with Crippen LogP contribution < -0.4 is 15.0 Å². The molecule has 6 heteroatoms. The second-order valence-electron chi connectivity index (χ2n) is 10.9. The molecule has 2 aromatic rings. The Kier molecular flexibility index (Phi) is 5.55. The molecule has 36 heavy (non-hydrogen) atoms. The number of carbonyl (C=O) groups excluding carboxylic acids is 3. The van der Waals surface area contributed by atoms with Crippen molar-refractivity contribution < 1.29 is 19.1 Å². The smallest absolute Gasteiger partial charge is 0.335 e. The fourth-order valence-electron chi connectivity index (χ4n) is 7.30. The van der Waals surface area contributed by atoms with Crippen LogP contribution in [0.1, 0.15) is 49.7 Å². The predicted molar refractivity (Wildman–Crippen MR) is 137 cm³/mol. The topological polar surface area (TPSA) is 75.7 Å². The number of carbonyl (C=O) groups is 3. The normalized spacial score (nSPS) is 30.0. The van der Waals surface area contributed by atoms with Crippen molar-refractivity contribution in [1.29, 1.82) is 0 Å². The number of amides is 4. The van der Waals surface area contributed by atoms with Gasteiger partial charge in [0, 0.05) is 0 Å². The molecule has 1 N–H and O–H groups in total. The van der Waals surface area contributed by atoms with Gasteiger partial charge in [0.25, 0.3) is 11.8 Å². The highest BCUT2D eigenvalue weighted by atomic mass is 16.5. The molecule has 0 aromatic heterocycles. The van der Waals surface area contributed by atoms with Crippen molar-refractivity contribution in [3.63, 3.8) is 0 Å². The number of hydrogen-bond acceptors (Lipinski definition) is 4. The van der Waals surface area contributed by atoms with E-state index in [1.54, 1.807) is 30.3 Å². The van der Waals surface area contributed by atoms with Crippen molar-refractivity contribution in [2.45, 2.75) is 43.9 Å². The summed E-state index contributed by atoms with van der Waals surface area (Å²) in [5.74, 6) is 1.86. The number of imide groups is 2. The van der Waals surface area contributed by atoms with Crippen molar-refractivity contribution >= 4 is 29.6 Å². The van der Waals surface area contributed by atoms with Gasteiger partial charge in [0.05, 0.1) is 5.69 Å². The number of nitrogens with zero attached hydrogens (tertiary/aromatic N) is 1. The predicted octanol–water partition coefficient (Wildman–Crippen LogP) is 5.39. The molecule has 4 amide bonds.